The van der Waals surface area contributed by atoms with Gasteiger partial charge in [0.25, 0.3) is 0 Å². The lowest BCUT2D eigenvalue weighted by Crippen LogP contribution is -1.97. The van der Waals surface area contributed by atoms with E-state index in [9.17, 15) is 9.50 Å². The van der Waals surface area contributed by atoms with Gasteiger partial charge in [-0.15, -0.1) is 0 Å². The molecule has 2 rings (SSSR count). The maximum atomic E-state index is 12.9. The predicted octanol–water partition coefficient (Wildman–Crippen LogP) is 1.11. The molecule has 0 unspecified atom stereocenters. The van der Waals surface area contributed by atoms with Gasteiger partial charge in [0.2, 0.25) is 11.8 Å². The van der Waals surface area contributed by atoms with E-state index in [1.54, 1.807) is 0 Å². The molecule has 0 saturated heterocycles. The lowest BCUT2D eigenvalue weighted by Gasteiger charge is -2.01. The van der Waals surface area contributed by atoms with Gasteiger partial charge in [-0.1, -0.05) is 11.6 Å². The van der Waals surface area contributed by atoms with Crippen LogP contribution < -0.4 is 5.73 Å². The second kappa shape index (κ2) is 2.91. The molecule has 3 N–H and O–H groups in total. The van der Waals surface area contributed by atoms with Gasteiger partial charge in [-0.3, -0.25) is 0 Å². The van der Waals surface area contributed by atoms with Gasteiger partial charge in [-0.25, -0.2) is 14.4 Å². The van der Waals surface area contributed by atoms with Gasteiger partial charge < -0.3 is 10.8 Å². The average Bonchev–Trinajstić information content (AvgIpc) is 2.08. The van der Waals surface area contributed by atoms with E-state index in [0.717, 1.165) is 6.07 Å². The summed E-state index contributed by atoms with van der Waals surface area (Å²) in [4.78, 5) is 10.7. The molecular weight excluding hydrogens is 211 g/mol. The quantitative estimate of drug-likeness (QED) is 0.642. The van der Waals surface area contributed by atoms with Crippen molar-refractivity contribution in [2.24, 2.45) is 0 Å². The predicted molar refractivity (Wildman–Crippen MR) is 48.4 cm³/mol. The summed E-state index contributed by atoms with van der Waals surface area (Å²) in [6.07, 6.45) is 0. The number of rotatable bonds is 0. The molecule has 72 valence electrons. The molecular formula is C7H4ClFN4O. The van der Waals surface area contributed by atoms with Gasteiger partial charge in [0.15, 0.2) is 16.5 Å². The van der Waals surface area contributed by atoms with Gasteiger partial charge in [-0.2, -0.15) is 4.98 Å². The normalized spacial score (nSPS) is 10.7. The third-order valence-corrected chi connectivity index (χ3v) is 1.85. The third kappa shape index (κ3) is 1.29. The second-order valence-corrected chi connectivity index (χ2v) is 2.89. The van der Waals surface area contributed by atoms with Crippen molar-refractivity contribution >= 4 is 28.6 Å². The first-order valence-electron chi connectivity index (χ1n) is 3.56. The molecule has 7 heteroatoms. The van der Waals surface area contributed by atoms with Crippen molar-refractivity contribution in [3.05, 3.63) is 17.0 Å². The van der Waals surface area contributed by atoms with E-state index in [1.165, 1.54) is 0 Å². The summed E-state index contributed by atoms with van der Waals surface area (Å²) >= 11 is 5.42. The van der Waals surface area contributed by atoms with E-state index in [4.69, 9.17) is 17.3 Å². The first-order chi connectivity index (χ1) is 6.58. The zero-order chi connectivity index (χ0) is 10.3. The Morgan fingerprint density at radius 3 is 2.79 bits per heavy atom. The number of halogens is 2. The first kappa shape index (κ1) is 8.89. The summed E-state index contributed by atoms with van der Waals surface area (Å²) in [6, 6.07) is 1.03. The fourth-order valence-electron chi connectivity index (χ4n) is 1.02. The number of hydrogen-bond acceptors (Lipinski definition) is 5. The molecule has 5 nitrogen and oxygen atoms in total. The SMILES string of the molecule is Nc1nc(O)c2nc(Cl)c(F)cc2n1. The van der Waals surface area contributed by atoms with Gasteiger partial charge in [0, 0.05) is 6.07 Å². The van der Waals surface area contributed by atoms with Crippen LogP contribution in [0.5, 0.6) is 5.88 Å². The number of anilines is 1. The Hall–Kier alpha value is -1.69. The first-order valence-corrected chi connectivity index (χ1v) is 3.94. The molecule has 0 amide bonds. The summed E-state index contributed by atoms with van der Waals surface area (Å²) in [6.45, 7) is 0. The highest BCUT2D eigenvalue weighted by molar-refractivity contribution is 6.30. The highest BCUT2D eigenvalue weighted by Gasteiger charge is 2.10. The van der Waals surface area contributed by atoms with Gasteiger partial charge in [0.05, 0.1) is 0 Å². The Labute approximate surface area is 82.4 Å². The van der Waals surface area contributed by atoms with Crippen LogP contribution in [0.1, 0.15) is 0 Å². The van der Waals surface area contributed by atoms with Crippen molar-refractivity contribution < 1.29 is 9.50 Å². The van der Waals surface area contributed by atoms with Crippen molar-refractivity contribution in [3.8, 4) is 5.88 Å². The largest absolute Gasteiger partial charge is 0.492 e. The lowest BCUT2D eigenvalue weighted by molar-refractivity contribution is 0.459. The molecule has 0 radical (unpaired) electrons. The number of fused-ring (bicyclic) bond motifs is 1. The van der Waals surface area contributed by atoms with Crippen LogP contribution in [-0.2, 0) is 0 Å². The fourth-order valence-corrected chi connectivity index (χ4v) is 1.16. The van der Waals surface area contributed by atoms with Crippen molar-refractivity contribution in [3.63, 3.8) is 0 Å². The minimum absolute atomic E-state index is 0.0191. The van der Waals surface area contributed by atoms with Crippen molar-refractivity contribution in [2.45, 2.75) is 0 Å². The number of nitrogen functional groups attached to an aromatic ring is 1. The molecule has 0 bridgehead atoms. The van der Waals surface area contributed by atoms with Crippen molar-refractivity contribution in [1.82, 2.24) is 15.0 Å². The molecule has 0 aromatic carbocycles. The number of pyridine rings is 1. The molecule has 2 heterocycles. The molecule has 2 aromatic rings. The van der Waals surface area contributed by atoms with Crippen LogP contribution in [0.4, 0.5) is 10.3 Å². The summed E-state index contributed by atoms with van der Waals surface area (Å²) in [5, 5.41) is 8.95. The minimum Gasteiger partial charge on any atom is -0.492 e. The maximum Gasteiger partial charge on any atom is 0.243 e. The molecule has 0 saturated carbocycles. The number of aromatic hydroxyl groups is 1. The van der Waals surface area contributed by atoms with E-state index in [1.807, 2.05) is 0 Å². The monoisotopic (exact) mass is 214 g/mol. The lowest BCUT2D eigenvalue weighted by atomic mass is 10.3. The summed E-state index contributed by atoms with van der Waals surface area (Å²) in [5.41, 5.74) is 5.37. The Morgan fingerprint density at radius 1 is 1.36 bits per heavy atom. The van der Waals surface area contributed by atoms with Gasteiger partial charge in [-0.05, 0) is 0 Å². The molecule has 0 atom stereocenters. The van der Waals surface area contributed by atoms with Gasteiger partial charge in [0.1, 0.15) is 5.52 Å². The highest BCUT2D eigenvalue weighted by atomic mass is 35.5. The minimum atomic E-state index is -0.725. The summed E-state index contributed by atoms with van der Waals surface area (Å²) in [5.74, 6) is -1.30. The van der Waals surface area contributed by atoms with Crippen LogP contribution in [0.15, 0.2) is 6.07 Å². The third-order valence-electron chi connectivity index (χ3n) is 1.58. The molecule has 0 fully saturated rings. The summed E-state index contributed by atoms with van der Waals surface area (Å²) < 4.78 is 12.9. The number of nitrogens with zero attached hydrogens (tertiary/aromatic N) is 3. The highest BCUT2D eigenvalue weighted by Crippen LogP contribution is 2.23. The Morgan fingerprint density at radius 2 is 2.07 bits per heavy atom. The molecule has 2 aromatic heterocycles. The average molecular weight is 215 g/mol. The maximum absolute atomic E-state index is 12.9. The molecule has 0 spiro atoms. The van der Waals surface area contributed by atoms with Crippen LogP contribution in [0.3, 0.4) is 0 Å². The molecule has 14 heavy (non-hydrogen) atoms. The summed E-state index contributed by atoms with van der Waals surface area (Å²) in [7, 11) is 0. The standard InChI is InChI=1S/C7H4ClFN4O/c8-5-2(9)1-3-4(12-5)6(14)13-7(10)11-3/h1H,(H3,10,11,13,14). The van der Waals surface area contributed by atoms with E-state index in [2.05, 4.69) is 15.0 Å². The van der Waals surface area contributed by atoms with Crippen molar-refractivity contribution in [2.75, 3.05) is 5.73 Å². The Kier molecular flexibility index (Phi) is 1.85. The second-order valence-electron chi connectivity index (χ2n) is 2.53. The Bertz CT molecular complexity index is 519. The van der Waals surface area contributed by atoms with Crippen molar-refractivity contribution in [1.29, 1.82) is 0 Å². The van der Waals surface area contributed by atoms with Crippen LogP contribution in [0, 0.1) is 5.82 Å². The molecule has 0 aliphatic heterocycles. The Balaban J connectivity index is 2.89. The van der Waals surface area contributed by atoms with E-state index in [-0.39, 0.29) is 22.1 Å². The number of nitrogens with two attached hydrogens (primary N) is 1. The van der Waals surface area contributed by atoms with Crippen LogP contribution in [0.2, 0.25) is 5.15 Å². The zero-order valence-electron chi connectivity index (χ0n) is 6.70. The fraction of sp³-hybridized carbons (Fsp3) is 0. The topological polar surface area (TPSA) is 84.9 Å². The van der Waals surface area contributed by atoms with E-state index in [0.29, 0.717) is 0 Å². The van der Waals surface area contributed by atoms with E-state index >= 15 is 0 Å². The van der Waals surface area contributed by atoms with Gasteiger partial charge >= 0.3 is 0 Å². The molecule has 0 aliphatic carbocycles. The number of aromatic nitrogens is 3. The molecule has 0 aliphatic rings. The zero-order valence-corrected chi connectivity index (χ0v) is 7.46. The van der Waals surface area contributed by atoms with E-state index < -0.39 is 11.7 Å². The smallest absolute Gasteiger partial charge is 0.243 e. The van der Waals surface area contributed by atoms with Crippen LogP contribution >= 0.6 is 11.6 Å². The van der Waals surface area contributed by atoms with Crippen LogP contribution in [-0.4, -0.2) is 20.1 Å². The number of hydrogen-bond donors (Lipinski definition) is 2. The van der Waals surface area contributed by atoms with Crippen LogP contribution in [0.25, 0.3) is 11.0 Å².